The Morgan fingerprint density at radius 1 is 1.44 bits per heavy atom. The summed E-state index contributed by atoms with van der Waals surface area (Å²) in [4.78, 5) is 15.5. The molecule has 3 N–H and O–H groups in total. The van der Waals surface area contributed by atoms with Gasteiger partial charge in [-0.25, -0.2) is 4.79 Å². The molecule has 0 unspecified atom stereocenters. The van der Waals surface area contributed by atoms with Crippen LogP contribution in [0.4, 0.5) is 10.5 Å². The molecule has 0 aromatic carbocycles. The Morgan fingerprint density at radius 2 is 2.17 bits per heavy atom. The van der Waals surface area contributed by atoms with E-state index < -0.39 is 6.10 Å². The van der Waals surface area contributed by atoms with Crippen LogP contribution in [-0.2, 0) is 0 Å². The Bertz CT molecular complexity index is 353. The second-order valence-electron chi connectivity index (χ2n) is 4.22. The Kier molecular flexibility index (Phi) is 6.14. The molecule has 0 radical (unpaired) electrons. The lowest BCUT2D eigenvalue weighted by atomic mass is 9.97. The molecule has 0 spiro atoms. The minimum absolute atomic E-state index is 0.226. The zero-order valence-electron chi connectivity index (χ0n) is 10.9. The van der Waals surface area contributed by atoms with E-state index in [1.165, 1.54) is 0 Å². The lowest BCUT2D eigenvalue weighted by molar-refractivity contribution is 0.104. The van der Waals surface area contributed by atoms with Crippen molar-refractivity contribution >= 4 is 11.7 Å². The summed E-state index contributed by atoms with van der Waals surface area (Å²) in [6, 6.07) is 3.17. The first-order valence-electron chi connectivity index (χ1n) is 6.30. The Labute approximate surface area is 108 Å². The minimum Gasteiger partial charge on any atom is -0.391 e. The van der Waals surface area contributed by atoms with E-state index in [0.29, 0.717) is 5.69 Å². The average molecular weight is 251 g/mol. The molecule has 2 amide bonds. The van der Waals surface area contributed by atoms with Gasteiger partial charge in [0.2, 0.25) is 0 Å². The molecular weight excluding hydrogens is 230 g/mol. The van der Waals surface area contributed by atoms with Crippen LogP contribution >= 0.6 is 0 Å². The monoisotopic (exact) mass is 251 g/mol. The van der Waals surface area contributed by atoms with E-state index in [1.807, 2.05) is 13.8 Å². The molecule has 0 aliphatic heterocycles. The van der Waals surface area contributed by atoms with Gasteiger partial charge in [0.15, 0.2) is 0 Å². The first-order valence-corrected chi connectivity index (χ1v) is 6.30. The summed E-state index contributed by atoms with van der Waals surface area (Å²) in [6.07, 6.45) is 4.52. The van der Waals surface area contributed by atoms with Crippen molar-refractivity contribution in [1.29, 1.82) is 0 Å². The summed E-state index contributed by atoms with van der Waals surface area (Å²) in [6.45, 7) is 4.33. The number of amides is 2. The molecule has 5 heteroatoms. The number of anilines is 1. The van der Waals surface area contributed by atoms with Crippen molar-refractivity contribution in [3.63, 3.8) is 0 Å². The van der Waals surface area contributed by atoms with Crippen molar-refractivity contribution in [3.8, 4) is 0 Å². The van der Waals surface area contributed by atoms with Crippen LogP contribution in [0.15, 0.2) is 24.5 Å². The predicted molar refractivity (Wildman–Crippen MR) is 71.3 cm³/mol. The molecule has 1 heterocycles. The molecule has 1 atom stereocenters. The fraction of sp³-hybridized carbons (Fsp3) is 0.538. The van der Waals surface area contributed by atoms with E-state index in [0.717, 1.165) is 12.8 Å². The number of aliphatic hydroxyl groups is 1. The standard InChI is InChI=1S/C13H21N3O2/c1-3-10(4-2)12(17)9-15-13(18)16-11-6-5-7-14-8-11/h5-8,10,12,17H,3-4,9H2,1-2H3,(H2,15,16,18)/t12-/m1/s1. The van der Waals surface area contributed by atoms with Crippen molar-refractivity contribution in [1.82, 2.24) is 10.3 Å². The van der Waals surface area contributed by atoms with Gasteiger partial charge >= 0.3 is 6.03 Å². The SMILES string of the molecule is CCC(CC)[C@H](O)CNC(=O)Nc1cccnc1. The number of urea groups is 1. The van der Waals surface area contributed by atoms with E-state index in [2.05, 4.69) is 15.6 Å². The first-order chi connectivity index (χ1) is 8.67. The highest BCUT2D eigenvalue weighted by Gasteiger charge is 2.15. The lowest BCUT2D eigenvalue weighted by Gasteiger charge is -2.20. The van der Waals surface area contributed by atoms with E-state index >= 15 is 0 Å². The van der Waals surface area contributed by atoms with Crippen molar-refractivity contribution in [3.05, 3.63) is 24.5 Å². The van der Waals surface area contributed by atoms with Crippen LogP contribution in [0, 0.1) is 5.92 Å². The van der Waals surface area contributed by atoms with Gasteiger partial charge in [-0.2, -0.15) is 0 Å². The van der Waals surface area contributed by atoms with Gasteiger partial charge in [0.1, 0.15) is 0 Å². The first kappa shape index (κ1) is 14.4. The molecule has 0 fully saturated rings. The number of hydrogen-bond donors (Lipinski definition) is 3. The highest BCUT2D eigenvalue weighted by atomic mass is 16.3. The molecule has 100 valence electrons. The topological polar surface area (TPSA) is 74.2 Å². The smallest absolute Gasteiger partial charge is 0.319 e. The zero-order valence-corrected chi connectivity index (χ0v) is 10.9. The summed E-state index contributed by atoms with van der Waals surface area (Å²) in [5.74, 6) is 0.226. The average Bonchev–Trinajstić information content (AvgIpc) is 2.39. The van der Waals surface area contributed by atoms with Gasteiger partial charge in [-0.1, -0.05) is 26.7 Å². The maximum Gasteiger partial charge on any atom is 0.319 e. The molecule has 1 rings (SSSR count). The molecule has 0 saturated heterocycles. The number of pyridine rings is 1. The molecule has 0 bridgehead atoms. The molecule has 1 aromatic rings. The Hall–Kier alpha value is -1.62. The predicted octanol–water partition coefficient (Wildman–Crippen LogP) is 2.00. The van der Waals surface area contributed by atoms with Gasteiger partial charge in [-0.15, -0.1) is 0 Å². The van der Waals surface area contributed by atoms with Crippen molar-refractivity contribution in [2.24, 2.45) is 5.92 Å². The summed E-state index contributed by atoms with van der Waals surface area (Å²) >= 11 is 0. The van der Waals surface area contributed by atoms with Gasteiger partial charge in [0, 0.05) is 12.7 Å². The Morgan fingerprint density at radius 3 is 2.72 bits per heavy atom. The van der Waals surface area contributed by atoms with Crippen LogP contribution in [-0.4, -0.2) is 28.8 Å². The lowest BCUT2D eigenvalue weighted by Crippen LogP contribution is -2.38. The third-order valence-corrected chi connectivity index (χ3v) is 2.98. The summed E-state index contributed by atoms with van der Waals surface area (Å²) in [7, 11) is 0. The van der Waals surface area contributed by atoms with Gasteiger partial charge in [-0.05, 0) is 18.1 Å². The minimum atomic E-state index is -0.500. The highest BCUT2D eigenvalue weighted by Crippen LogP contribution is 2.12. The molecule has 0 aliphatic rings. The molecule has 0 aliphatic carbocycles. The number of nitrogens with zero attached hydrogens (tertiary/aromatic N) is 1. The van der Waals surface area contributed by atoms with Crippen LogP contribution in [0.25, 0.3) is 0 Å². The summed E-state index contributed by atoms with van der Waals surface area (Å²) < 4.78 is 0. The largest absolute Gasteiger partial charge is 0.391 e. The third kappa shape index (κ3) is 4.71. The second kappa shape index (κ2) is 7.66. The van der Waals surface area contributed by atoms with Crippen molar-refractivity contribution in [2.45, 2.75) is 32.8 Å². The van der Waals surface area contributed by atoms with Gasteiger partial charge in [0.25, 0.3) is 0 Å². The van der Waals surface area contributed by atoms with Gasteiger partial charge in [0.05, 0.1) is 18.0 Å². The summed E-state index contributed by atoms with van der Waals surface area (Å²) in [5.41, 5.74) is 0.632. The number of aliphatic hydroxyl groups excluding tert-OH is 1. The number of carbonyl (C=O) groups is 1. The number of rotatable bonds is 6. The molecule has 18 heavy (non-hydrogen) atoms. The number of carbonyl (C=O) groups excluding carboxylic acids is 1. The summed E-state index contributed by atoms with van der Waals surface area (Å²) in [5, 5.41) is 15.2. The van der Waals surface area contributed by atoms with Crippen molar-refractivity contribution in [2.75, 3.05) is 11.9 Å². The third-order valence-electron chi connectivity index (χ3n) is 2.98. The quantitative estimate of drug-likeness (QED) is 0.724. The van der Waals surface area contributed by atoms with Crippen LogP contribution in [0.3, 0.4) is 0 Å². The van der Waals surface area contributed by atoms with E-state index in [1.54, 1.807) is 24.5 Å². The highest BCUT2D eigenvalue weighted by molar-refractivity contribution is 5.88. The molecular formula is C13H21N3O2. The van der Waals surface area contributed by atoms with Gasteiger partial charge in [-0.3, -0.25) is 4.98 Å². The van der Waals surface area contributed by atoms with Crippen molar-refractivity contribution < 1.29 is 9.90 Å². The van der Waals surface area contributed by atoms with Crippen LogP contribution in [0.2, 0.25) is 0 Å². The fourth-order valence-corrected chi connectivity index (χ4v) is 1.81. The van der Waals surface area contributed by atoms with Crippen LogP contribution in [0.1, 0.15) is 26.7 Å². The maximum absolute atomic E-state index is 11.6. The normalized spacial score (nSPS) is 12.2. The maximum atomic E-state index is 11.6. The number of hydrogen-bond acceptors (Lipinski definition) is 3. The van der Waals surface area contributed by atoms with Gasteiger partial charge < -0.3 is 15.7 Å². The van der Waals surface area contributed by atoms with Crippen LogP contribution in [0.5, 0.6) is 0 Å². The number of nitrogens with one attached hydrogen (secondary N) is 2. The molecule has 5 nitrogen and oxygen atoms in total. The van der Waals surface area contributed by atoms with E-state index in [-0.39, 0.29) is 18.5 Å². The number of aromatic nitrogens is 1. The fourth-order valence-electron chi connectivity index (χ4n) is 1.81. The van der Waals surface area contributed by atoms with Crippen LogP contribution < -0.4 is 10.6 Å². The zero-order chi connectivity index (χ0) is 13.4. The second-order valence-corrected chi connectivity index (χ2v) is 4.22. The van der Waals surface area contributed by atoms with E-state index in [4.69, 9.17) is 0 Å². The molecule has 1 aromatic heterocycles. The van der Waals surface area contributed by atoms with E-state index in [9.17, 15) is 9.90 Å². The molecule has 0 saturated carbocycles. The Balaban J connectivity index is 2.33.